The molecular formula is C8H12N2O2. The molecule has 1 aromatic rings. The highest BCUT2D eigenvalue weighted by Crippen LogP contribution is 2.21. The largest absolute Gasteiger partial charge is 0.388 e. The topological polar surface area (TPSA) is 49.5 Å². The third kappa shape index (κ3) is 1.49. The summed E-state index contributed by atoms with van der Waals surface area (Å²) < 4.78 is 4.70. The number of hydrogen-bond donors (Lipinski definition) is 1. The summed E-state index contributed by atoms with van der Waals surface area (Å²) in [5.74, 6) is 0. The van der Waals surface area contributed by atoms with Gasteiger partial charge in [-0.3, -0.25) is 4.90 Å². The molecule has 4 nitrogen and oxygen atoms in total. The summed E-state index contributed by atoms with van der Waals surface area (Å²) >= 11 is 0. The van der Waals surface area contributed by atoms with Gasteiger partial charge in [-0.1, -0.05) is 5.16 Å². The smallest absolute Gasteiger partial charge is 0.128 e. The Bertz CT molecular complexity index is 248. The van der Waals surface area contributed by atoms with Crippen molar-refractivity contribution in [3.05, 3.63) is 18.0 Å². The van der Waals surface area contributed by atoms with E-state index in [-0.39, 0.29) is 0 Å². The van der Waals surface area contributed by atoms with Gasteiger partial charge >= 0.3 is 0 Å². The standard InChI is InChI=1S/C8H12N2O2/c1-8(11)5-10(6-8)3-7-2-9-12-4-7/h2,4,11H,3,5-6H2,1H3. The van der Waals surface area contributed by atoms with Crippen molar-refractivity contribution in [2.24, 2.45) is 0 Å². The minimum atomic E-state index is -0.489. The van der Waals surface area contributed by atoms with Crippen LogP contribution < -0.4 is 0 Å². The van der Waals surface area contributed by atoms with Crippen molar-refractivity contribution >= 4 is 0 Å². The first-order valence-electron chi connectivity index (χ1n) is 3.99. The molecule has 12 heavy (non-hydrogen) atoms. The van der Waals surface area contributed by atoms with Gasteiger partial charge < -0.3 is 9.63 Å². The molecule has 66 valence electrons. The number of aromatic nitrogens is 1. The fourth-order valence-electron chi connectivity index (χ4n) is 1.59. The van der Waals surface area contributed by atoms with Gasteiger partial charge in [0.1, 0.15) is 6.26 Å². The summed E-state index contributed by atoms with van der Waals surface area (Å²) in [6.07, 6.45) is 3.33. The maximum atomic E-state index is 9.43. The Morgan fingerprint density at radius 1 is 1.75 bits per heavy atom. The maximum Gasteiger partial charge on any atom is 0.128 e. The van der Waals surface area contributed by atoms with Gasteiger partial charge in [0.05, 0.1) is 11.8 Å². The number of nitrogens with zero attached hydrogens (tertiary/aromatic N) is 2. The van der Waals surface area contributed by atoms with Crippen LogP contribution in [0.2, 0.25) is 0 Å². The molecule has 1 N–H and O–H groups in total. The van der Waals surface area contributed by atoms with E-state index in [1.54, 1.807) is 12.5 Å². The highest BCUT2D eigenvalue weighted by atomic mass is 16.5. The van der Waals surface area contributed by atoms with Gasteiger partial charge in [-0.15, -0.1) is 0 Å². The summed E-state index contributed by atoms with van der Waals surface area (Å²) in [5.41, 5.74) is 0.572. The summed E-state index contributed by atoms with van der Waals surface area (Å²) in [4.78, 5) is 2.15. The Hall–Kier alpha value is -0.870. The monoisotopic (exact) mass is 168 g/mol. The summed E-state index contributed by atoms with van der Waals surface area (Å²) in [7, 11) is 0. The van der Waals surface area contributed by atoms with Crippen LogP contribution in [0.25, 0.3) is 0 Å². The fourth-order valence-corrected chi connectivity index (χ4v) is 1.59. The Kier molecular flexibility index (Phi) is 1.66. The van der Waals surface area contributed by atoms with Crippen LogP contribution in [0.15, 0.2) is 17.0 Å². The van der Waals surface area contributed by atoms with Crippen LogP contribution in [-0.2, 0) is 6.54 Å². The number of hydrogen-bond acceptors (Lipinski definition) is 4. The number of likely N-dealkylation sites (tertiary alicyclic amines) is 1. The van der Waals surface area contributed by atoms with Crippen molar-refractivity contribution in [1.82, 2.24) is 10.1 Å². The number of β-amino-alcohol motifs (C(OH)–C–C–N with tert-alkyl or cyclic N) is 1. The molecule has 0 aliphatic carbocycles. The van der Waals surface area contributed by atoms with E-state index in [9.17, 15) is 5.11 Å². The van der Waals surface area contributed by atoms with E-state index >= 15 is 0 Å². The molecule has 0 radical (unpaired) electrons. The van der Waals surface area contributed by atoms with Crippen molar-refractivity contribution in [2.45, 2.75) is 19.1 Å². The predicted molar refractivity (Wildman–Crippen MR) is 42.4 cm³/mol. The molecule has 0 aromatic carbocycles. The lowest BCUT2D eigenvalue weighted by Gasteiger charge is -2.43. The lowest BCUT2D eigenvalue weighted by atomic mass is 9.97. The van der Waals surface area contributed by atoms with E-state index in [1.807, 2.05) is 6.92 Å². The minimum absolute atomic E-state index is 0.489. The van der Waals surface area contributed by atoms with Crippen LogP contribution in [0, 0.1) is 0 Å². The predicted octanol–water partition coefficient (Wildman–Crippen LogP) is 0.241. The van der Waals surface area contributed by atoms with E-state index < -0.39 is 5.60 Å². The average molecular weight is 168 g/mol. The van der Waals surface area contributed by atoms with Crippen LogP contribution in [0.4, 0.5) is 0 Å². The van der Waals surface area contributed by atoms with E-state index in [2.05, 4.69) is 10.1 Å². The molecule has 2 rings (SSSR count). The van der Waals surface area contributed by atoms with Crippen molar-refractivity contribution < 1.29 is 9.63 Å². The first-order valence-corrected chi connectivity index (χ1v) is 3.99. The van der Waals surface area contributed by atoms with Crippen molar-refractivity contribution in [1.29, 1.82) is 0 Å². The minimum Gasteiger partial charge on any atom is -0.388 e. The zero-order valence-corrected chi connectivity index (χ0v) is 7.03. The average Bonchev–Trinajstić information content (AvgIpc) is 2.35. The van der Waals surface area contributed by atoms with Crippen LogP contribution in [0.3, 0.4) is 0 Å². The molecule has 0 saturated carbocycles. The molecule has 2 heterocycles. The van der Waals surface area contributed by atoms with Crippen LogP contribution in [0.1, 0.15) is 12.5 Å². The third-order valence-electron chi connectivity index (χ3n) is 2.02. The fraction of sp³-hybridized carbons (Fsp3) is 0.625. The van der Waals surface area contributed by atoms with Gasteiger partial charge in [-0.2, -0.15) is 0 Å². The lowest BCUT2D eigenvalue weighted by molar-refractivity contribution is -0.0871. The second kappa shape index (κ2) is 2.57. The molecule has 1 fully saturated rings. The number of rotatable bonds is 2. The van der Waals surface area contributed by atoms with Crippen molar-refractivity contribution in [2.75, 3.05) is 13.1 Å². The SMILES string of the molecule is CC1(O)CN(Cc2cnoc2)C1. The second-order valence-corrected chi connectivity index (χ2v) is 3.67. The third-order valence-corrected chi connectivity index (χ3v) is 2.02. The van der Waals surface area contributed by atoms with Crippen molar-refractivity contribution in [3.8, 4) is 0 Å². The first-order chi connectivity index (χ1) is 5.66. The van der Waals surface area contributed by atoms with E-state index in [4.69, 9.17) is 4.52 Å². The van der Waals surface area contributed by atoms with Gasteiger partial charge in [0, 0.05) is 25.2 Å². The molecule has 0 amide bonds. The lowest BCUT2D eigenvalue weighted by Crippen LogP contribution is -2.59. The highest BCUT2D eigenvalue weighted by molar-refractivity contribution is 5.03. The normalized spacial score (nSPS) is 22.2. The molecule has 0 bridgehead atoms. The highest BCUT2D eigenvalue weighted by Gasteiger charge is 2.36. The van der Waals surface area contributed by atoms with Gasteiger partial charge in [-0.05, 0) is 6.92 Å². The Morgan fingerprint density at radius 2 is 2.50 bits per heavy atom. The summed E-state index contributed by atoms with van der Waals surface area (Å²) in [6.45, 7) is 4.13. The molecule has 4 heteroatoms. The van der Waals surface area contributed by atoms with Crippen LogP contribution in [-0.4, -0.2) is 33.9 Å². The molecule has 1 saturated heterocycles. The van der Waals surface area contributed by atoms with Crippen LogP contribution in [0.5, 0.6) is 0 Å². The first kappa shape index (κ1) is 7.76. The van der Waals surface area contributed by atoms with E-state index in [0.717, 1.165) is 25.2 Å². The summed E-state index contributed by atoms with van der Waals surface area (Å²) in [5, 5.41) is 13.0. The van der Waals surface area contributed by atoms with E-state index in [1.165, 1.54) is 0 Å². The van der Waals surface area contributed by atoms with Gasteiger partial charge in [0.15, 0.2) is 0 Å². The zero-order chi connectivity index (χ0) is 8.60. The molecule has 1 aliphatic rings. The molecule has 0 spiro atoms. The molecule has 1 aliphatic heterocycles. The quantitative estimate of drug-likeness (QED) is 0.687. The Morgan fingerprint density at radius 3 is 3.00 bits per heavy atom. The van der Waals surface area contributed by atoms with E-state index in [0.29, 0.717) is 0 Å². The van der Waals surface area contributed by atoms with Gasteiger partial charge in [0.2, 0.25) is 0 Å². The Labute approximate surface area is 70.8 Å². The molecule has 0 unspecified atom stereocenters. The Balaban J connectivity index is 1.84. The molecule has 0 atom stereocenters. The van der Waals surface area contributed by atoms with Gasteiger partial charge in [-0.25, -0.2) is 0 Å². The molecular weight excluding hydrogens is 156 g/mol. The van der Waals surface area contributed by atoms with Crippen molar-refractivity contribution in [3.63, 3.8) is 0 Å². The van der Waals surface area contributed by atoms with Crippen LogP contribution >= 0.6 is 0 Å². The number of aliphatic hydroxyl groups is 1. The summed E-state index contributed by atoms with van der Waals surface area (Å²) in [6, 6.07) is 0. The second-order valence-electron chi connectivity index (χ2n) is 3.67. The zero-order valence-electron chi connectivity index (χ0n) is 7.03. The van der Waals surface area contributed by atoms with Gasteiger partial charge in [0.25, 0.3) is 0 Å². The maximum absolute atomic E-state index is 9.43. The molecule has 1 aromatic heterocycles.